The minimum atomic E-state index is 0.685. The van der Waals surface area contributed by atoms with Crippen LogP contribution >= 0.6 is 0 Å². The summed E-state index contributed by atoms with van der Waals surface area (Å²) in [4.78, 5) is 8.67. The van der Waals surface area contributed by atoms with Crippen LogP contribution in [0.2, 0.25) is 0 Å². The van der Waals surface area contributed by atoms with Crippen molar-refractivity contribution in [2.45, 2.75) is 13.5 Å². The van der Waals surface area contributed by atoms with Gasteiger partial charge in [0, 0.05) is 23.5 Å². The summed E-state index contributed by atoms with van der Waals surface area (Å²) >= 11 is 0. The van der Waals surface area contributed by atoms with E-state index >= 15 is 0 Å². The van der Waals surface area contributed by atoms with Gasteiger partial charge in [0.15, 0.2) is 0 Å². The van der Waals surface area contributed by atoms with Crippen LogP contribution in [0.1, 0.15) is 22.6 Å². The van der Waals surface area contributed by atoms with Crippen LogP contribution in [0.5, 0.6) is 0 Å². The van der Waals surface area contributed by atoms with Gasteiger partial charge < -0.3 is 5.32 Å². The van der Waals surface area contributed by atoms with Crippen LogP contribution in [0.25, 0.3) is 23.1 Å². The Kier molecular flexibility index (Phi) is 4.43. The van der Waals surface area contributed by atoms with E-state index in [2.05, 4.69) is 44.5 Å². The molecule has 4 rings (SSSR count). The number of H-pyrrole nitrogens is 1. The molecule has 0 saturated heterocycles. The van der Waals surface area contributed by atoms with E-state index in [9.17, 15) is 0 Å². The predicted molar refractivity (Wildman–Crippen MR) is 106 cm³/mol. The zero-order valence-corrected chi connectivity index (χ0v) is 14.5. The number of hydrogen-bond acceptors (Lipinski definition) is 4. The molecule has 0 aliphatic heterocycles. The second kappa shape index (κ2) is 7.19. The number of benzene rings is 1. The lowest BCUT2D eigenvalue weighted by Gasteiger charge is -2.09. The molecule has 0 saturated carbocycles. The van der Waals surface area contributed by atoms with E-state index in [1.807, 2.05) is 54.7 Å². The first-order chi connectivity index (χ1) is 12.8. The van der Waals surface area contributed by atoms with Gasteiger partial charge in [0.2, 0.25) is 0 Å². The zero-order chi connectivity index (χ0) is 17.8. The van der Waals surface area contributed by atoms with Gasteiger partial charge in [0.25, 0.3) is 0 Å². The van der Waals surface area contributed by atoms with Crippen LogP contribution in [0.15, 0.2) is 60.9 Å². The molecule has 128 valence electrons. The van der Waals surface area contributed by atoms with E-state index in [0.29, 0.717) is 6.54 Å². The second-order valence-corrected chi connectivity index (χ2v) is 6.08. The molecule has 26 heavy (non-hydrogen) atoms. The number of anilines is 1. The van der Waals surface area contributed by atoms with Gasteiger partial charge in [-0.2, -0.15) is 5.10 Å². The van der Waals surface area contributed by atoms with Crippen molar-refractivity contribution in [1.82, 2.24) is 20.2 Å². The summed E-state index contributed by atoms with van der Waals surface area (Å²) in [6.07, 6.45) is 7.55. The number of fused-ring (bicyclic) bond motifs is 1. The fourth-order valence-corrected chi connectivity index (χ4v) is 2.84. The standard InChI is InChI=1S/C21H19N5/c1-15-12-21-18(13-20(15)24-14-17-7-3-5-11-23-17)19(25-26-21)9-8-16-6-2-4-10-22-16/h2-13,24H,14H2,1H3,(H,25,26). The number of rotatable bonds is 5. The van der Waals surface area contributed by atoms with Crippen LogP contribution in [-0.2, 0) is 6.54 Å². The summed E-state index contributed by atoms with van der Waals surface area (Å²) in [5, 5.41) is 12.1. The first kappa shape index (κ1) is 16.0. The van der Waals surface area contributed by atoms with Gasteiger partial charge in [-0.05, 0) is 61.0 Å². The first-order valence-electron chi connectivity index (χ1n) is 8.51. The van der Waals surface area contributed by atoms with Crippen LogP contribution in [0, 0.1) is 6.92 Å². The summed E-state index contributed by atoms with van der Waals surface area (Å²) in [6, 6.07) is 16.0. The highest BCUT2D eigenvalue weighted by Crippen LogP contribution is 2.26. The lowest BCUT2D eigenvalue weighted by atomic mass is 10.1. The van der Waals surface area contributed by atoms with Gasteiger partial charge in [-0.25, -0.2) is 0 Å². The van der Waals surface area contributed by atoms with E-state index in [-0.39, 0.29) is 0 Å². The van der Waals surface area contributed by atoms with Crippen LogP contribution < -0.4 is 5.32 Å². The Morgan fingerprint density at radius 2 is 1.85 bits per heavy atom. The maximum atomic E-state index is 4.43. The molecule has 0 unspecified atom stereocenters. The van der Waals surface area contributed by atoms with E-state index in [4.69, 9.17) is 0 Å². The SMILES string of the molecule is Cc1cc2[nH]nc(C=Cc3ccccn3)c2cc1NCc1ccccn1. The van der Waals surface area contributed by atoms with Crippen molar-refractivity contribution in [2.24, 2.45) is 0 Å². The molecule has 3 heterocycles. The predicted octanol–water partition coefficient (Wildman–Crippen LogP) is 4.44. The summed E-state index contributed by atoms with van der Waals surface area (Å²) in [7, 11) is 0. The molecule has 3 aromatic heterocycles. The zero-order valence-electron chi connectivity index (χ0n) is 14.5. The highest BCUT2D eigenvalue weighted by Gasteiger charge is 2.07. The largest absolute Gasteiger partial charge is 0.379 e. The lowest BCUT2D eigenvalue weighted by molar-refractivity contribution is 1.04. The van der Waals surface area contributed by atoms with Crippen molar-refractivity contribution < 1.29 is 0 Å². The molecule has 0 bridgehead atoms. The van der Waals surface area contributed by atoms with E-state index < -0.39 is 0 Å². The maximum absolute atomic E-state index is 4.43. The molecule has 0 spiro atoms. The fourth-order valence-electron chi connectivity index (χ4n) is 2.84. The van der Waals surface area contributed by atoms with Crippen molar-refractivity contribution >= 4 is 28.7 Å². The van der Waals surface area contributed by atoms with Crippen LogP contribution in [0.3, 0.4) is 0 Å². The van der Waals surface area contributed by atoms with Gasteiger partial charge in [-0.1, -0.05) is 12.1 Å². The quantitative estimate of drug-likeness (QED) is 0.563. The molecular weight excluding hydrogens is 322 g/mol. The lowest BCUT2D eigenvalue weighted by Crippen LogP contribution is -2.02. The molecule has 5 heteroatoms. The Balaban J connectivity index is 1.61. The number of pyridine rings is 2. The van der Waals surface area contributed by atoms with Gasteiger partial charge in [-0.15, -0.1) is 0 Å². The van der Waals surface area contributed by atoms with Crippen molar-refractivity contribution in [3.63, 3.8) is 0 Å². The number of hydrogen-bond donors (Lipinski definition) is 2. The van der Waals surface area contributed by atoms with Gasteiger partial charge in [0.1, 0.15) is 0 Å². The van der Waals surface area contributed by atoms with Gasteiger partial charge in [0.05, 0.1) is 29.1 Å². The average Bonchev–Trinajstić information content (AvgIpc) is 3.08. The topological polar surface area (TPSA) is 66.5 Å². The van der Waals surface area contributed by atoms with Crippen molar-refractivity contribution in [2.75, 3.05) is 5.32 Å². The van der Waals surface area contributed by atoms with Crippen molar-refractivity contribution in [3.05, 3.63) is 83.6 Å². The first-order valence-corrected chi connectivity index (χ1v) is 8.51. The Bertz CT molecular complexity index is 1040. The molecular formula is C21H19N5. The molecule has 5 nitrogen and oxygen atoms in total. The molecule has 0 atom stereocenters. The van der Waals surface area contributed by atoms with Crippen LogP contribution in [-0.4, -0.2) is 20.2 Å². The second-order valence-electron chi connectivity index (χ2n) is 6.08. The summed E-state index contributed by atoms with van der Waals surface area (Å²) < 4.78 is 0. The number of aromatic nitrogens is 4. The Hall–Kier alpha value is -3.47. The summed E-state index contributed by atoms with van der Waals surface area (Å²) in [5.74, 6) is 0. The van der Waals surface area contributed by atoms with Crippen LogP contribution in [0.4, 0.5) is 5.69 Å². The maximum Gasteiger partial charge on any atom is 0.0928 e. The molecule has 0 aliphatic carbocycles. The third-order valence-electron chi connectivity index (χ3n) is 4.22. The molecule has 2 N–H and O–H groups in total. The third-order valence-corrected chi connectivity index (χ3v) is 4.22. The number of nitrogens with zero attached hydrogens (tertiary/aromatic N) is 3. The number of nitrogens with one attached hydrogen (secondary N) is 2. The Labute approximate surface area is 151 Å². The Morgan fingerprint density at radius 1 is 1.00 bits per heavy atom. The summed E-state index contributed by atoms with van der Waals surface area (Å²) in [5.41, 5.74) is 6.08. The van der Waals surface area contributed by atoms with Gasteiger partial charge in [-0.3, -0.25) is 15.1 Å². The molecule has 0 aliphatic rings. The fraction of sp³-hybridized carbons (Fsp3) is 0.0952. The third kappa shape index (κ3) is 3.47. The highest BCUT2D eigenvalue weighted by molar-refractivity contribution is 5.92. The molecule has 0 amide bonds. The molecule has 0 radical (unpaired) electrons. The van der Waals surface area contributed by atoms with E-state index in [1.165, 1.54) is 0 Å². The van der Waals surface area contributed by atoms with Crippen molar-refractivity contribution in [3.8, 4) is 0 Å². The normalized spacial score (nSPS) is 11.3. The minimum absolute atomic E-state index is 0.685. The van der Waals surface area contributed by atoms with Crippen molar-refractivity contribution in [1.29, 1.82) is 0 Å². The monoisotopic (exact) mass is 341 g/mol. The van der Waals surface area contributed by atoms with E-state index in [0.717, 1.165) is 39.2 Å². The highest BCUT2D eigenvalue weighted by atomic mass is 15.1. The Morgan fingerprint density at radius 3 is 2.62 bits per heavy atom. The minimum Gasteiger partial charge on any atom is -0.379 e. The smallest absolute Gasteiger partial charge is 0.0928 e. The van der Waals surface area contributed by atoms with Gasteiger partial charge >= 0.3 is 0 Å². The average molecular weight is 341 g/mol. The number of aromatic amines is 1. The molecule has 1 aromatic carbocycles. The molecule has 4 aromatic rings. The number of aryl methyl sites for hydroxylation is 1. The summed E-state index contributed by atoms with van der Waals surface area (Å²) in [6.45, 7) is 2.77. The van der Waals surface area contributed by atoms with E-state index in [1.54, 1.807) is 6.20 Å². The molecule has 0 fully saturated rings.